The summed E-state index contributed by atoms with van der Waals surface area (Å²) in [6.45, 7) is 7.95. The van der Waals surface area contributed by atoms with Crippen LogP contribution in [0.4, 0.5) is 4.79 Å². The highest BCUT2D eigenvalue weighted by Crippen LogP contribution is 2.29. The number of amides is 1. The molecular formula is C17H23NO5. The van der Waals surface area contributed by atoms with Crippen LogP contribution >= 0.6 is 0 Å². The summed E-state index contributed by atoms with van der Waals surface area (Å²) >= 11 is 0. The molecule has 0 saturated carbocycles. The van der Waals surface area contributed by atoms with Gasteiger partial charge in [0, 0.05) is 18.7 Å². The zero-order valence-electron chi connectivity index (χ0n) is 14.0. The van der Waals surface area contributed by atoms with E-state index in [0.29, 0.717) is 25.3 Å². The Bertz CT molecular complexity index is 605. The Morgan fingerprint density at radius 3 is 2.61 bits per heavy atom. The Morgan fingerprint density at radius 1 is 1.30 bits per heavy atom. The Balaban J connectivity index is 2.13. The standard InChI is InChI=1S/C17H23NO5/c1-11(15(19)20)22-14-7-5-6-12-10-18(9-8-13(12)14)16(21)23-17(2,3)4/h5-7,11H,8-10H2,1-4H3,(H,19,20). The summed E-state index contributed by atoms with van der Waals surface area (Å²) < 4.78 is 10.9. The first-order chi connectivity index (χ1) is 10.7. The van der Waals surface area contributed by atoms with Crippen LogP contribution in [0.3, 0.4) is 0 Å². The summed E-state index contributed by atoms with van der Waals surface area (Å²) in [5, 5.41) is 8.98. The molecule has 1 unspecified atom stereocenters. The molecule has 0 bridgehead atoms. The predicted molar refractivity (Wildman–Crippen MR) is 84.5 cm³/mol. The van der Waals surface area contributed by atoms with Gasteiger partial charge in [-0.15, -0.1) is 0 Å². The van der Waals surface area contributed by atoms with Gasteiger partial charge in [-0.2, -0.15) is 0 Å². The van der Waals surface area contributed by atoms with Gasteiger partial charge in [0.15, 0.2) is 6.10 Å². The number of carbonyl (C=O) groups is 2. The number of aliphatic carboxylic acids is 1. The van der Waals surface area contributed by atoms with Gasteiger partial charge < -0.3 is 19.5 Å². The van der Waals surface area contributed by atoms with Crippen molar-refractivity contribution in [1.29, 1.82) is 0 Å². The predicted octanol–water partition coefficient (Wildman–Crippen LogP) is 2.83. The number of carbonyl (C=O) groups excluding carboxylic acids is 1. The van der Waals surface area contributed by atoms with Gasteiger partial charge >= 0.3 is 12.1 Å². The van der Waals surface area contributed by atoms with E-state index < -0.39 is 17.7 Å². The van der Waals surface area contributed by atoms with E-state index in [-0.39, 0.29) is 6.09 Å². The molecule has 1 aromatic rings. The van der Waals surface area contributed by atoms with E-state index >= 15 is 0 Å². The molecule has 1 N–H and O–H groups in total. The summed E-state index contributed by atoms with van der Waals surface area (Å²) in [7, 11) is 0. The molecule has 2 rings (SSSR count). The molecule has 0 radical (unpaired) electrons. The second-order valence-corrected chi connectivity index (χ2v) is 6.64. The van der Waals surface area contributed by atoms with Gasteiger partial charge in [0.25, 0.3) is 0 Å². The van der Waals surface area contributed by atoms with Crippen molar-refractivity contribution in [2.45, 2.75) is 52.4 Å². The lowest BCUT2D eigenvalue weighted by molar-refractivity contribution is -0.144. The van der Waals surface area contributed by atoms with Crippen LogP contribution in [0.15, 0.2) is 18.2 Å². The summed E-state index contributed by atoms with van der Waals surface area (Å²) in [4.78, 5) is 24.8. The number of benzene rings is 1. The van der Waals surface area contributed by atoms with Crippen LogP contribution in [0, 0.1) is 0 Å². The third-order valence-electron chi connectivity index (χ3n) is 3.53. The molecule has 0 aromatic heterocycles. The average molecular weight is 321 g/mol. The highest BCUT2D eigenvalue weighted by atomic mass is 16.6. The molecule has 1 aliphatic heterocycles. The van der Waals surface area contributed by atoms with Crippen LogP contribution in [0.5, 0.6) is 5.75 Å². The SMILES string of the molecule is CC(Oc1cccc2c1CCN(C(=O)OC(C)(C)C)C2)C(=O)O. The van der Waals surface area contributed by atoms with Gasteiger partial charge in [0.1, 0.15) is 11.4 Å². The first kappa shape index (κ1) is 17.1. The molecule has 1 aliphatic rings. The number of carboxylic acids is 1. The normalized spacial score (nSPS) is 15.6. The minimum Gasteiger partial charge on any atom is -0.479 e. The molecule has 0 spiro atoms. The Hall–Kier alpha value is -2.24. The van der Waals surface area contributed by atoms with Crippen LogP contribution in [0.2, 0.25) is 0 Å². The van der Waals surface area contributed by atoms with E-state index in [1.54, 1.807) is 17.0 Å². The van der Waals surface area contributed by atoms with E-state index in [9.17, 15) is 9.59 Å². The quantitative estimate of drug-likeness (QED) is 0.926. The van der Waals surface area contributed by atoms with Gasteiger partial charge in [-0.3, -0.25) is 0 Å². The third-order valence-corrected chi connectivity index (χ3v) is 3.53. The highest BCUT2D eigenvalue weighted by molar-refractivity contribution is 5.72. The van der Waals surface area contributed by atoms with Crippen molar-refractivity contribution in [3.63, 3.8) is 0 Å². The van der Waals surface area contributed by atoms with Crippen molar-refractivity contribution in [3.8, 4) is 5.75 Å². The van der Waals surface area contributed by atoms with Crippen molar-refractivity contribution in [2.24, 2.45) is 0 Å². The summed E-state index contributed by atoms with van der Waals surface area (Å²) in [5.41, 5.74) is 1.39. The molecule has 126 valence electrons. The summed E-state index contributed by atoms with van der Waals surface area (Å²) in [6.07, 6.45) is -0.643. The van der Waals surface area contributed by atoms with Gasteiger partial charge in [-0.25, -0.2) is 9.59 Å². The second-order valence-electron chi connectivity index (χ2n) is 6.64. The first-order valence-corrected chi connectivity index (χ1v) is 7.65. The largest absolute Gasteiger partial charge is 0.479 e. The van der Waals surface area contributed by atoms with E-state index in [1.165, 1.54) is 6.92 Å². The fraction of sp³-hybridized carbons (Fsp3) is 0.529. The lowest BCUT2D eigenvalue weighted by Crippen LogP contribution is -2.40. The van der Waals surface area contributed by atoms with Gasteiger partial charge in [0.2, 0.25) is 0 Å². The fourth-order valence-electron chi connectivity index (χ4n) is 2.41. The summed E-state index contributed by atoms with van der Waals surface area (Å²) in [6, 6.07) is 5.49. The lowest BCUT2D eigenvalue weighted by Gasteiger charge is -2.32. The zero-order chi connectivity index (χ0) is 17.2. The average Bonchev–Trinajstić information content (AvgIpc) is 2.45. The molecule has 1 aromatic carbocycles. The van der Waals surface area contributed by atoms with Crippen LogP contribution < -0.4 is 4.74 Å². The lowest BCUT2D eigenvalue weighted by atomic mass is 9.99. The van der Waals surface area contributed by atoms with Crippen molar-refractivity contribution < 1.29 is 24.2 Å². The maximum absolute atomic E-state index is 12.2. The van der Waals surface area contributed by atoms with Crippen molar-refractivity contribution >= 4 is 12.1 Å². The number of carboxylic acid groups (broad SMARTS) is 1. The molecule has 6 nitrogen and oxygen atoms in total. The Kier molecular flexibility index (Phi) is 4.82. The topological polar surface area (TPSA) is 76.1 Å². The number of nitrogens with zero attached hydrogens (tertiary/aromatic N) is 1. The van der Waals surface area contributed by atoms with Gasteiger partial charge in [-0.05, 0) is 45.7 Å². The molecule has 1 amide bonds. The number of fused-ring (bicyclic) bond motifs is 1. The van der Waals surface area contributed by atoms with Crippen molar-refractivity contribution in [1.82, 2.24) is 4.90 Å². The van der Waals surface area contributed by atoms with Crippen molar-refractivity contribution in [3.05, 3.63) is 29.3 Å². The Morgan fingerprint density at radius 2 is 2.00 bits per heavy atom. The second kappa shape index (κ2) is 6.48. The van der Waals surface area contributed by atoms with E-state index in [4.69, 9.17) is 14.6 Å². The summed E-state index contributed by atoms with van der Waals surface area (Å²) in [5.74, 6) is -0.435. The van der Waals surface area contributed by atoms with E-state index in [0.717, 1.165) is 11.1 Å². The van der Waals surface area contributed by atoms with Crippen LogP contribution in [-0.2, 0) is 22.5 Å². The monoisotopic (exact) mass is 321 g/mol. The van der Waals surface area contributed by atoms with Gasteiger partial charge in [0.05, 0.1) is 0 Å². The van der Waals surface area contributed by atoms with Crippen LogP contribution in [0.25, 0.3) is 0 Å². The minimum atomic E-state index is -1.01. The molecule has 6 heteroatoms. The molecule has 1 atom stereocenters. The first-order valence-electron chi connectivity index (χ1n) is 7.65. The Labute approximate surface area is 136 Å². The van der Waals surface area contributed by atoms with Crippen molar-refractivity contribution in [2.75, 3.05) is 6.54 Å². The highest BCUT2D eigenvalue weighted by Gasteiger charge is 2.27. The van der Waals surface area contributed by atoms with E-state index in [1.807, 2.05) is 26.8 Å². The van der Waals surface area contributed by atoms with Gasteiger partial charge in [-0.1, -0.05) is 12.1 Å². The maximum Gasteiger partial charge on any atom is 0.410 e. The number of rotatable bonds is 3. The molecular weight excluding hydrogens is 298 g/mol. The van der Waals surface area contributed by atoms with Crippen LogP contribution in [0.1, 0.15) is 38.8 Å². The number of hydrogen-bond donors (Lipinski definition) is 1. The van der Waals surface area contributed by atoms with E-state index in [2.05, 4.69) is 0 Å². The minimum absolute atomic E-state index is 0.339. The molecule has 0 fully saturated rings. The maximum atomic E-state index is 12.2. The van der Waals surface area contributed by atoms with Crippen LogP contribution in [-0.4, -0.2) is 40.3 Å². The smallest absolute Gasteiger partial charge is 0.410 e. The number of hydrogen-bond acceptors (Lipinski definition) is 4. The molecule has 0 saturated heterocycles. The zero-order valence-corrected chi connectivity index (χ0v) is 14.0. The molecule has 1 heterocycles. The molecule has 0 aliphatic carbocycles. The fourth-order valence-corrected chi connectivity index (χ4v) is 2.41. The number of ether oxygens (including phenoxy) is 2. The third kappa shape index (κ3) is 4.37. The molecule has 23 heavy (non-hydrogen) atoms.